The van der Waals surface area contributed by atoms with Crippen molar-refractivity contribution in [3.05, 3.63) is 15.8 Å². The Morgan fingerprint density at radius 1 is 1.45 bits per heavy atom. The lowest BCUT2D eigenvalue weighted by Crippen LogP contribution is -2.18. The summed E-state index contributed by atoms with van der Waals surface area (Å²) in [7, 11) is 0. The molecule has 4 N–H and O–H groups in total. The molecule has 0 radical (unpaired) electrons. The predicted octanol–water partition coefficient (Wildman–Crippen LogP) is 1.49. The Kier molecular flexibility index (Phi) is 6.10. The summed E-state index contributed by atoms with van der Waals surface area (Å²) in [5.41, 5.74) is 5.61. The minimum atomic E-state index is -0.516. The fourth-order valence-electron chi connectivity index (χ4n) is 2.11. The van der Waals surface area contributed by atoms with Gasteiger partial charge in [0.25, 0.3) is 0 Å². The fourth-order valence-corrected chi connectivity index (χ4v) is 2.11. The number of rotatable bonds is 8. The molecule has 1 unspecified atom stereocenters. The molecular weight excluding hydrogens is 262 g/mol. The molecule has 0 aromatic carbocycles. The van der Waals surface area contributed by atoms with Gasteiger partial charge in [0.2, 0.25) is 11.8 Å². The Bertz CT molecular complexity index is 461. The van der Waals surface area contributed by atoms with Crippen LogP contribution < -0.4 is 11.1 Å². The zero-order valence-electron chi connectivity index (χ0n) is 11.8. The molecule has 0 aliphatic carbocycles. The maximum Gasteiger partial charge on any atom is 0.332 e. The van der Waals surface area contributed by atoms with Crippen molar-refractivity contribution in [1.82, 2.24) is 9.97 Å². The maximum atomic E-state index is 11.1. The smallest absolute Gasteiger partial charge is 0.332 e. The van der Waals surface area contributed by atoms with E-state index < -0.39 is 4.92 Å². The highest BCUT2D eigenvalue weighted by atomic mass is 16.6. The van der Waals surface area contributed by atoms with Gasteiger partial charge in [0.15, 0.2) is 0 Å². The number of nitrogens with zero attached hydrogens (tertiary/aromatic N) is 3. The highest BCUT2D eigenvalue weighted by Gasteiger charge is 2.22. The van der Waals surface area contributed by atoms with Crippen molar-refractivity contribution in [3.8, 4) is 0 Å². The first-order valence-corrected chi connectivity index (χ1v) is 6.62. The Labute approximate surface area is 117 Å². The van der Waals surface area contributed by atoms with Gasteiger partial charge in [-0.3, -0.25) is 10.1 Å². The normalized spacial score (nSPS) is 12.2. The van der Waals surface area contributed by atoms with Gasteiger partial charge in [-0.25, -0.2) is 4.98 Å². The van der Waals surface area contributed by atoms with Gasteiger partial charge in [0.1, 0.15) is 5.69 Å². The zero-order valence-corrected chi connectivity index (χ0v) is 11.8. The molecule has 1 heterocycles. The molecule has 0 fully saturated rings. The van der Waals surface area contributed by atoms with E-state index in [0.717, 1.165) is 12.8 Å². The summed E-state index contributed by atoms with van der Waals surface area (Å²) in [6.45, 7) is 4.18. The minimum Gasteiger partial charge on any atom is -0.396 e. The van der Waals surface area contributed by atoms with Gasteiger partial charge in [-0.05, 0) is 25.7 Å². The number of nitro groups is 1. The van der Waals surface area contributed by atoms with E-state index in [1.807, 2.05) is 0 Å². The molecule has 0 bridgehead atoms. The third kappa shape index (κ3) is 4.30. The quantitative estimate of drug-likeness (QED) is 0.487. The van der Waals surface area contributed by atoms with E-state index >= 15 is 0 Å². The van der Waals surface area contributed by atoms with E-state index in [1.165, 1.54) is 6.92 Å². The van der Waals surface area contributed by atoms with Gasteiger partial charge in [-0.2, -0.15) is 4.98 Å². The van der Waals surface area contributed by atoms with E-state index in [9.17, 15) is 10.1 Å². The molecule has 0 spiro atoms. The summed E-state index contributed by atoms with van der Waals surface area (Å²) in [4.78, 5) is 18.2. The highest BCUT2D eigenvalue weighted by molar-refractivity contribution is 5.60. The van der Waals surface area contributed by atoms with E-state index in [-0.39, 0.29) is 35.7 Å². The molecule has 8 heteroatoms. The number of nitrogen functional groups attached to an aromatic ring is 1. The zero-order chi connectivity index (χ0) is 15.1. The van der Waals surface area contributed by atoms with E-state index in [0.29, 0.717) is 13.0 Å². The monoisotopic (exact) mass is 283 g/mol. The van der Waals surface area contributed by atoms with E-state index in [1.54, 1.807) is 0 Å². The van der Waals surface area contributed by atoms with Crippen molar-refractivity contribution in [2.75, 3.05) is 24.2 Å². The summed E-state index contributed by atoms with van der Waals surface area (Å²) in [5.74, 6) is 0.380. The first kappa shape index (κ1) is 16.1. The number of anilines is 2. The molecule has 1 atom stereocenters. The molecule has 0 aliphatic heterocycles. The van der Waals surface area contributed by atoms with Crippen molar-refractivity contribution in [2.24, 2.45) is 5.92 Å². The summed E-state index contributed by atoms with van der Waals surface area (Å²) < 4.78 is 0. The molecule has 0 aliphatic rings. The second-order valence-corrected chi connectivity index (χ2v) is 4.67. The number of aliphatic hydroxyl groups is 1. The number of nitrogens with two attached hydrogens (primary N) is 1. The van der Waals surface area contributed by atoms with Crippen LogP contribution in [0.2, 0.25) is 0 Å². The SMILES string of the molecule is CCCC(CCO)CNc1nc(N)nc(C)c1[N+](=O)[O-]. The summed E-state index contributed by atoms with van der Waals surface area (Å²) >= 11 is 0. The first-order valence-electron chi connectivity index (χ1n) is 6.62. The Morgan fingerprint density at radius 2 is 2.15 bits per heavy atom. The number of nitrogens with one attached hydrogen (secondary N) is 1. The summed E-state index contributed by atoms with van der Waals surface area (Å²) in [6, 6.07) is 0. The van der Waals surface area contributed by atoms with Crippen LogP contribution in [0, 0.1) is 23.0 Å². The van der Waals surface area contributed by atoms with Crippen molar-refractivity contribution in [1.29, 1.82) is 0 Å². The van der Waals surface area contributed by atoms with Crippen molar-refractivity contribution in [3.63, 3.8) is 0 Å². The van der Waals surface area contributed by atoms with Crippen LogP contribution in [0.25, 0.3) is 0 Å². The number of hydrogen-bond donors (Lipinski definition) is 3. The van der Waals surface area contributed by atoms with Crippen molar-refractivity contribution < 1.29 is 10.0 Å². The van der Waals surface area contributed by atoms with E-state index in [2.05, 4.69) is 22.2 Å². The number of aliphatic hydroxyl groups excluding tert-OH is 1. The molecule has 1 aromatic rings. The Hall–Kier alpha value is -1.96. The molecule has 1 rings (SSSR count). The van der Waals surface area contributed by atoms with Gasteiger partial charge < -0.3 is 16.2 Å². The van der Waals surface area contributed by atoms with Crippen LogP contribution in [-0.4, -0.2) is 33.1 Å². The molecule has 112 valence electrons. The van der Waals surface area contributed by atoms with Gasteiger partial charge in [0.05, 0.1) is 4.92 Å². The third-order valence-electron chi connectivity index (χ3n) is 3.05. The Balaban J connectivity index is 2.87. The second-order valence-electron chi connectivity index (χ2n) is 4.67. The number of aromatic nitrogens is 2. The summed E-state index contributed by atoms with van der Waals surface area (Å²) in [5, 5.41) is 23.0. The summed E-state index contributed by atoms with van der Waals surface area (Å²) in [6.07, 6.45) is 2.56. The molecule has 20 heavy (non-hydrogen) atoms. The predicted molar refractivity (Wildman–Crippen MR) is 76.4 cm³/mol. The van der Waals surface area contributed by atoms with Crippen molar-refractivity contribution >= 4 is 17.5 Å². The van der Waals surface area contributed by atoms with Crippen LogP contribution in [0.3, 0.4) is 0 Å². The van der Waals surface area contributed by atoms with E-state index in [4.69, 9.17) is 10.8 Å². The fraction of sp³-hybridized carbons (Fsp3) is 0.667. The average Bonchev–Trinajstić information content (AvgIpc) is 2.35. The van der Waals surface area contributed by atoms with Crippen LogP contribution in [0.1, 0.15) is 31.9 Å². The molecule has 8 nitrogen and oxygen atoms in total. The second kappa shape index (κ2) is 7.59. The molecule has 1 aromatic heterocycles. The number of aryl methyl sites for hydroxylation is 1. The van der Waals surface area contributed by atoms with Crippen LogP contribution in [0.5, 0.6) is 0 Å². The van der Waals surface area contributed by atoms with Crippen LogP contribution in [-0.2, 0) is 0 Å². The highest BCUT2D eigenvalue weighted by Crippen LogP contribution is 2.26. The minimum absolute atomic E-state index is 0.00444. The standard InChI is InChI=1S/C12H21N5O3/c1-3-4-9(5-6-18)7-14-11-10(17(19)20)8(2)15-12(13)16-11/h9,18H,3-7H2,1-2H3,(H3,13,14,15,16). The first-order chi connectivity index (χ1) is 9.49. The topological polar surface area (TPSA) is 127 Å². The molecule has 0 saturated heterocycles. The largest absolute Gasteiger partial charge is 0.396 e. The van der Waals surface area contributed by atoms with Gasteiger partial charge in [0, 0.05) is 13.2 Å². The van der Waals surface area contributed by atoms with Gasteiger partial charge in [-0.15, -0.1) is 0 Å². The maximum absolute atomic E-state index is 11.1. The lowest BCUT2D eigenvalue weighted by Gasteiger charge is -2.16. The molecule has 0 amide bonds. The molecular formula is C12H21N5O3. The molecule has 0 saturated carbocycles. The van der Waals surface area contributed by atoms with Gasteiger partial charge >= 0.3 is 5.69 Å². The van der Waals surface area contributed by atoms with Crippen LogP contribution in [0.4, 0.5) is 17.5 Å². The van der Waals surface area contributed by atoms with Crippen LogP contribution in [0.15, 0.2) is 0 Å². The van der Waals surface area contributed by atoms with Crippen LogP contribution >= 0.6 is 0 Å². The number of hydrogen-bond acceptors (Lipinski definition) is 7. The Morgan fingerprint density at radius 3 is 2.70 bits per heavy atom. The third-order valence-corrected chi connectivity index (χ3v) is 3.05. The lowest BCUT2D eigenvalue weighted by molar-refractivity contribution is -0.385. The lowest BCUT2D eigenvalue weighted by atomic mass is 10.0. The van der Waals surface area contributed by atoms with Crippen molar-refractivity contribution in [2.45, 2.75) is 33.1 Å². The van der Waals surface area contributed by atoms with Gasteiger partial charge in [-0.1, -0.05) is 13.3 Å². The average molecular weight is 283 g/mol.